The summed E-state index contributed by atoms with van der Waals surface area (Å²) >= 11 is 1.49. The van der Waals surface area contributed by atoms with Gasteiger partial charge in [-0.2, -0.15) is 11.8 Å². The van der Waals surface area contributed by atoms with Crippen molar-refractivity contribution in [3.05, 3.63) is 71.9 Å². The number of nitrogens with zero attached hydrogens (tertiary/aromatic N) is 1. The summed E-state index contributed by atoms with van der Waals surface area (Å²) in [4.78, 5) is 126. The van der Waals surface area contributed by atoms with Crippen LogP contribution in [0.25, 0.3) is 10.9 Å². The van der Waals surface area contributed by atoms with Crippen molar-refractivity contribution in [2.75, 3.05) is 31.7 Å². The molecule has 1 aromatic heterocycles. The van der Waals surface area contributed by atoms with Crippen LogP contribution in [0.4, 0.5) is 0 Å². The first-order valence-electron chi connectivity index (χ1n) is 22.9. The predicted octanol–water partition coefficient (Wildman–Crippen LogP) is -3.91. The number of carbonyl (C=O) groups is 9. The maximum atomic E-state index is 14.5. The summed E-state index contributed by atoms with van der Waals surface area (Å²) in [6.45, 7) is 2.12. The van der Waals surface area contributed by atoms with E-state index in [1.54, 1.807) is 60.8 Å². The molecule has 3 rings (SSSR count). The Hall–Kier alpha value is -7.29. The van der Waals surface area contributed by atoms with Gasteiger partial charge in [0.25, 0.3) is 0 Å². The quantitative estimate of drug-likeness (QED) is 0.0172. The molecule has 3 aromatic rings. The fourth-order valence-electron chi connectivity index (χ4n) is 6.92. The van der Waals surface area contributed by atoms with Crippen LogP contribution < -0.4 is 59.7 Å². The van der Waals surface area contributed by atoms with Gasteiger partial charge in [0.15, 0.2) is 5.96 Å². The Kier molecular flexibility index (Phi) is 24.4. The highest BCUT2D eigenvalue weighted by Gasteiger charge is 2.34. The van der Waals surface area contributed by atoms with Crippen LogP contribution in [0, 0.1) is 0 Å². The zero-order valence-electron chi connectivity index (χ0n) is 40.4. The molecule has 394 valence electrons. The number of H-pyrrole nitrogens is 1. The Bertz CT molecular complexity index is 2370. The Balaban J connectivity index is 1.89. The van der Waals surface area contributed by atoms with E-state index in [9.17, 15) is 58.5 Å². The maximum absolute atomic E-state index is 14.5. The lowest BCUT2D eigenvalue weighted by Gasteiger charge is -2.27. The van der Waals surface area contributed by atoms with Crippen molar-refractivity contribution in [2.45, 2.75) is 107 Å². The molecule has 26 heteroatoms. The van der Waals surface area contributed by atoms with Gasteiger partial charge < -0.3 is 80.0 Å². The monoisotopic (exact) mass is 1030 g/mol. The van der Waals surface area contributed by atoms with Gasteiger partial charge in [0.05, 0.1) is 25.3 Å². The number of rotatable bonds is 30. The number of carboxylic acid groups (broad SMARTS) is 1. The summed E-state index contributed by atoms with van der Waals surface area (Å²) in [5, 5.41) is 50.0. The number of hydrogen-bond donors (Lipinski definition) is 15. The van der Waals surface area contributed by atoms with E-state index in [4.69, 9.17) is 17.2 Å². The van der Waals surface area contributed by atoms with E-state index in [0.717, 1.165) is 0 Å². The van der Waals surface area contributed by atoms with Gasteiger partial charge >= 0.3 is 5.97 Å². The van der Waals surface area contributed by atoms with Crippen LogP contribution in [-0.2, 0) is 56.0 Å². The number of hydrogen-bond acceptors (Lipinski definition) is 14. The van der Waals surface area contributed by atoms with Gasteiger partial charge in [0.1, 0.15) is 42.3 Å². The Morgan fingerprint density at radius 2 is 1.28 bits per heavy atom. The smallest absolute Gasteiger partial charge is 0.325 e. The summed E-state index contributed by atoms with van der Waals surface area (Å²) in [5.74, 6) is -8.01. The molecule has 0 saturated heterocycles. The number of amides is 8. The lowest BCUT2D eigenvalue weighted by molar-refractivity contribution is -0.142. The zero-order chi connectivity index (χ0) is 53.5. The average molecular weight is 1030 g/mol. The third-order valence-corrected chi connectivity index (χ3v) is 11.6. The summed E-state index contributed by atoms with van der Waals surface area (Å²) in [5.41, 5.74) is 18.7. The van der Waals surface area contributed by atoms with E-state index < -0.39 is 121 Å². The van der Waals surface area contributed by atoms with E-state index >= 15 is 0 Å². The number of thioether (sulfide) groups is 1. The number of aliphatic carboxylic acids is 1. The van der Waals surface area contributed by atoms with E-state index in [-0.39, 0.29) is 38.2 Å². The number of para-hydroxylation sites is 1. The first-order chi connectivity index (χ1) is 34.1. The van der Waals surface area contributed by atoms with Gasteiger partial charge in [-0.25, -0.2) is 0 Å². The molecule has 9 atom stereocenters. The van der Waals surface area contributed by atoms with Crippen molar-refractivity contribution >= 4 is 81.9 Å². The first kappa shape index (κ1) is 59.0. The van der Waals surface area contributed by atoms with Crippen molar-refractivity contribution in [3.63, 3.8) is 0 Å². The fourth-order valence-corrected chi connectivity index (χ4v) is 7.41. The summed E-state index contributed by atoms with van der Waals surface area (Å²) in [7, 11) is 0. The number of aromatic amines is 1. The lowest BCUT2D eigenvalue weighted by Crippen LogP contribution is -2.61. The molecule has 0 aliphatic rings. The Labute approximate surface area is 419 Å². The highest BCUT2D eigenvalue weighted by Crippen LogP contribution is 2.20. The molecule has 0 aliphatic carbocycles. The number of benzene rings is 2. The number of fused-ring (bicyclic) bond motifs is 1. The van der Waals surface area contributed by atoms with Gasteiger partial charge in [-0.1, -0.05) is 48.5 Å². The summed E-state index contributed by atoms with van der Waals surface area (Å²) in [6, 6.07) is 4.73. The van der Waals surface area contributed by atoms with Crippen molar-refractivity contribution in [1.82, 2.24) is 47.5 Å². The largest absolute Gasteiger partial charge is 0.480 e. The molecule has 0 radical (unpaired) electrons. The van der Waals surface area contributed by atoms with E-state index in [0.29, 0.717) is 34.2 Å². The molecule has 0 saturated carbocycles. The number of aromatic nitrogens is 1. The lowest BCUT2D eigenvalue weighted by atomic mass is 10.0. The minimum atomic E-state index is -1.67. The van der Waals surface area contributed by atoms with Gasteiger partial charge in [0, 0.05) is 36.5 Å². The number of aliphatic hydroxyl groups excluding tert-OH is 2. The molecule has 0 fully saturated rings. The number of aliphatic hydroxyl groups is 2. The van der Waals surface area contributed by atoms with Gasteiger partial charge in [0.2, 0.25) is 47.3 Å². The zero-order valence-corrected chi connectivity index (χ0v) is 41.3. The van der Waals surface area contributed by atoms with Gasteiger partial charge in [-0.15, -0.1) is 0 Å². The van der Waals surface area contributed by atoms with Crippen molar-refractivity contribution in [1.29, 1.82) is 0 Å². The van der Waals surface area contributed by atoms with Crippen molar-refractivity contribution in [3.8, 4) is 0 Å². The number of nitrogens with two attached hydrogens (primary N) is 3. The molecular formula is C46H67N13O12S. The van der Waals surface area contributed by atoms with Crippen LogP contribution in [0.15, 0.2) is 65.8 Å². The second kappa shape index (κ2) is 29.8. The number of carboxylic acids is 1. The van der Waals surface area contributed by atoms with E-state index in [1.807, 2.05) is 6.26 Å². The predicted molar refractivity (Wildman–Crippen MR) is 267 cm³/mol. The molecule has 0 aliphatic heterocycles. The van der Waals surface area contributed by atoms with Crippen molar-refractivity contribution in [2.24, 2.45) is 22.2 Å². The number of guanidine groups is 1. The normalized spacial score (nSPS) is 14.8. The molecular weight excluding hydrogens is 959 g/mol. The molecule has 18 N–H and O–H groups in total. The molecule has 25 nitrogen and oxygen atoms in total. The molecule has 72 heavy (non-hydrogen) atoms. The minimum Gasteiger partial charge on any atom is -0.480 e. The topological polar surface area (TPSA) is 417 Å². The maximum Gasteiger partial charge on any atom is 0.325 e. The van der Waals surface area contributed by atoms with Gasteiger partial charge in [-0.3, -0.25) is 48.1 Å². The molecule has 0 spiro atoms. The highest BCUT2D eigenvalue weighted by atomic mass is 32.2. The molecule has 1 heterocycles. The average Bonchev–Trinajstić information content (AvgIpc) is 3.75. The van der Waals surface area contributed by atoms with Crippen LogP contribution in [0.5, 0.6) is 0 Å². The van der Waals surface area contributed by atoms with Crippen molar-refractivity contribution < 1.29 is 58.5 Å². The van der Waals surface area contributed by atoms with Crippen LogP contribution >= 0.6 is 11.8 Å². The van der Waals surface area contributed by atoms with Crippen LogP contribution in [0.1, 0.15) is 51.2 Å². The summed E-state index contributed by atoms with van der Waals surface area (Å²) < 4.78 is 0. The third kappa shape index (κ3) is 19.5. The van der Waals surface area contributed by atoms with E-state index in [2.05, 4.69) is 52.5 Å². The van der Waals surface area contributed by atoms with Crippen LogP contribution in [0.2, 0.25) is 0 Å². The number of nitrogens with one attached hydrogen (secondary N) is 9. The Morgan fingerprint density at radius 3 is 1.90 bits per heavy atom. The van der Waals surface area contributed by atoms with Crippen LogP contribution in [-0.4, -0.2) is 166 Å². The standard InChI is InChI=1S/C46H67N13O12S/c1-24(53-39(64)30(47)16-18-72-4)38(63)58-35(23-60)40(65)52-22-36(62)55-33(19-27-11-6-5-7-12-27)42(67)57-34(20-28-21-51-31-14-9-8-13-29(28)31)43(68)56-32(15-10-17-50-46(48)49)41(66)59-37(26(3)61)44(69)54-25(2)45(70)71/h5-9,11-14,21,24-26,30,32-35,37,51,60-61H,10,15-20,22-23,47H2,1-4H3,(H,52,65)(H,53,64)(H,54,69)(H,55,62)(H,56,68)(H,57,67)(H,58,63)(H,59,66)(H,70,71)(H4,48,49,50)/t24-,25-,26+,30-,32-,33-,34-,35-,37-/m0/s1. The molecule has 0 unspecified atom stereocenters. The first-order valence-corrected chi connectivity index (χ1v) is 24.3. The van der Waals surface area contributed by atoms with Crippen LogP contribution in [0.3, 0.4) is 0 Å². The highest BCUT2D eigenvalue weighted by molar-refractivity contribution is 7.98. The Morgan fingerprint density at radius 1 is 0.681 bits per heavy atom. The number of carbonyl (C=O) groups excluding carboxylic acids is 8. The third-order valence-electron chi connectivity index (χ3n) is 11.0. The van der Waals surface area contributed by atoms with Gasteiger partial charge in [-0.05, 0) is 69.2 Å². The molecule has 8 amide bonds. The fraction of sp³-hybridized carbons (Fsp3) is 0.478. The minimum absolute atomic E-state index is 0.0116. The SMILES string of the molecule is CSCC[C@H](N)C(=O)N[C@@H](C)C(=O)N[C@@H](CO)C(=O)NCC(=O)N[C@@H](Cc1ccccc1)C(=O)N[C@@H](Cc1c[nH]c2ccccc12)C(=O)N[C@@H](CCCN=C(N)N)C(=O)N[C@H](C(=O)N[C@@H](C)C(=O)O)[C@@H](C)O. The second-order valence-electron chi connectivity index (χ2n) is 16.8. The molecule has 0 bridgehead atoms. The summed E-state index contributed by atoms with van der Waals surface area (Å²) in [6.07, 6.45) is 2.00. The van der Waals surface area contributed by atoms with E-state index in [1.165, 1.54) is 32.5 Å². The molecule has 2 aromatic carbocycles. The second-order valence-corrected chi connectivity index (χ2v) is 17.8. The number of aliphatic imine (C=N–C) groups is 1.